The topological polar surface area (TPSA) is 83.3 Å². The van der Waals surface area contributed by atoms with E-state index in [0.717, 1.165) is 10.5 Å². The van der Waals surface area contributed by atoms with Crippen LogP contribution in [0.5, 0.6) is 0 Å². The van der Waals surface area contributed by atoms with Gasteiger partial charge in [-0.05, 0) is 36.8 Å². The van der Waals surface area contributed by atoms with Crippen LogP contribution in [0.4, 0.5) is 4.39 Å². The molecule has 0 aliphatic carbocycles. The van der Waals surface area contributed by atoms with Gasteiger partial charge in [-0.3, -0.25) is 4.79 Å². The summed E-state index contributed by atoms with van der Waals surface area (Å²) in [4.78, 5) is 13.3. The second kappa shape index (κ2) is 9.25. The Morgan fingerprint density at radius 1 is 1.21 bits per heavy atom. The summed E-state index contributed by atoms with van der Waals surface area (Å²) in [6, 6.07) is 12.7. The van der Waals surface area contributed by atoms with Crippen LogP contribution in [0.15, 0.2) is 58.5 Å². The van der Waals surface area contributed by atoms with Crippen LogP contribution in [0.2, 0.25) is 0 Å². The fourth-order valence-electron chi connectivity index (χ4n) is 3.11. The minimum absolute atomic E-state index is 0.193. The smallest absolute Gasteiger partial charge is 0.295 e. The number of sulfonamides is 1. The van der Waals surface area contributed by atoms with Crippen molar-refractivity contribution in [1.29, 1.82) is 0 Å². The maximum atomic E-state index is 13.1. The van der Waals surface area contributed by atoms with Crippen molar-refractivity contribution in [2.75, 3.05) is 32.7 Å². The zero-order valence-electron chi connectivity index (χ0n) is 16.1. The van der Waals surface area contributed by atoms with Crippen molar-refractivity contribution < 1.29 is 22.5 Å². The summed E-state index contributed by atoms with van der Waals surface area (Å²) in [7, 11) is -3.51. The number of nitrogens with zero attached hydrogens (tertiary/aromatic N) is 2. The predicted octanol–water partition coefficient (Wildman–Crippen LogP) is 0.174. The number of carbonyl (C=O) groups is 1. The van der Waals surface area contributed by atoms with E-state index in [0.29, 0.717) is 31.7 Å². The molecular formula is C20H24FN4O3S+. The first-order valence-electron chi connectivity index (χ1n) is 9.32. The lowest BCUT2D eigenvalue weighted by molar-refractivity contribution is -0.895. The zero-order chi connectivity index (χ0) is 20.9. The third kappa shape index (κ3) is 5.69. The van der Waals surface area contributed by atoms with Gasteiger partial charge in [0.25, 0.3) is 5.91 Å². The van der Waals surface area contributed by atoms with Crippen LogP contribution in [0.25, 0.3) is 0 Å². The van der Waals surface area contributed by atoms with E-state index in [1.54, 1.807) is 36.4 Å². The molecule has 1 fully saturated rings. The molecular weight excluding hydrogens is 395 g/mol. The highest BCUT2D eigenvalue weighted by molar-refractivity contribution is 7.89. The largest absolute Gasteiger partial charge is 0.325 e. The van der Waals surface area contributed by atoms with Crippen molar-refractivity contribution in [2.24, 2.45) is 5.10 Å². The first-order valence-corrected chi connectivity index (χ1v) is 10.8. The minimum atomic E-state index is -3.51. The molecule has 0 radical (unpaired) electrons. The average molecular weight is 420 g/mol. The molecule has 9 heteroatoms. The zero-order valence-corrected chi connectivity index (χ0v) is 17.0. The lowest BCUT2D eigenvalue weighted by Gasteiger charge is -2.31. The summed E-state index contributed by atoms with van der Waals surface area (Å²) in [5.41, 5.74) is 3.98. The van der Waals surface area contributed by atoms with Gasteiger partial charge in [0.1, 0.15) is 5.82 Å². The molecule has 0 atom stereocenters. The van der Waals surface area contributed by atoms with Crippen LogP contribution in [0.3, 0.4) is 0 Å². The van der Waals surface area contributed by atoms with Gasteiger partial charge in [0.2, 0.25) is 10.0 Å². The third-order valence-corrected chi connectivity index (χ3v) is 6.66. The molecule has 2 aromatic rings. The third-order valence-electron chi connectivity index (χ3n) is 4.75. The van der Waals surface area contributed by atoms with E-state index >= 15 is 0 Å². The average Bonchev–Trinajstić information content (AvgIpc) is 2.69. The van der Waals surface area contributed by atoms with E-state index in [4.69, 9.17) is 0 Å². The second-order valence-electron chi connectivity index (χ2n) is 6.99. The van der Waals surface area contributed by atoms with Gasteiger partial charge >= 0.3 is 0 Å². The second-order valence-corrected chi connectivity index (χ2v) is 8.93. The highest BCUT2D eigenvalue weighted by atomic mass is 32.2. The number of aryl methyl sites for hydroxylation is 1. The Hall–Kier alpha value is -2.62. The Labute approximate surface area is 169 Å². The van der Waals surface area contributed by atoms with E-state index in [1.165, 1.54) is 22.7 Å². The van der Waals surface area contributed by atoms with Crippen molar-refractivity contribution in [2.45, 2.75) is 11.8 Å². The number of nitrogens with one attached hydrogen (secondary N) is 2. The molecule has 7 nitrogen and oxygen atoms in total. The van der Waals surface area contributed by atoms with Crippen LogP contribution in [0.1, 0.15) is 11.1 Å². The molecule has 0 saturated carbocycles. The number of quaternary nitrogens is 1. The van der Waals surface area contributed by atoms with Gasteiger partial charge in [-0.25, -0.2) is 18.2 Å². The van der Waals surface area contributed by atoms with Crippen LogP contribution in [0, 0.1) is 12.7 Å². The number of hydrazone groups is 1. The molecule has 1 saturated heterocycles. The number of carbonyl (C=O) groups excluding carboxylic acids is 1. The predicted molar refractivity (Wildman–Crippen MR) is 108 cm³/mol. The number of benzene rings is 2. The molecule has 2 aromatic carbocycles. The first-order chi connectivity index (χ1) is 13.8. The number of halogens is 1. The summed E-state index contributed by atoms with van der Waals surface area (Å²) < 4.78 is 40.0. The molecule has 1 aliphatic rings. The molecule has 1 aliphatic heterocycles. The van der Waals surface area contributed by atoms with Gasteiger partial charge in [0.05, 0.1) is 37.3 Å². The summed E-state index contributed by atoms with van der Waals surface area (Å²) >= 11 is 0. The number of amides is 1. The number of hydrogen-bond donors (Lipinski definition) is 2. The maximum absolute atomic E-state index is 13.1. The van der Waals surface area contributed by atoms with Gasteiger partial charge < -0.3 is 4.90 Å². The van der Waals surface area contributed by atoms with Gasteiger partial charge in [-0.15, -0.1) is 0 Å². The molecule has 1 heterocycles. The van der Waals surface area contributed by atoms with Gasteiger partial charge in [0.15, 0.2) is 6.54 Å². The molecule has 0 aromatic heterocycles. The SMILES string of the molecule is Cc1ccc(S(=O)(=O)N2CC[NH+](CC(=O)N/N=C\c3cccc(F)c3)CC2)cc1. The molecule has 0 unspecified atom stereocenters. The van der Waals surface area contributed by atoms with E-state index in [-0.39, 0.29) is 23.2 Å². The lowest BCUT2D eigenvalue weighted by Crippen LogP contribution is -3.15. The van der Waals surface area contributed by atoms with Crippen molar-refractivity contribution in [1.82, 2.24) is 9.73 Å². The maximum Gasteiger partial charge on any atom is 0.295 e. The number of hydrogen-bond acceptors (Lipinski definition) is 4. The summed E-state index contributed by atoms with van der Waals surface area (Å²) in [6.07, 6.45) is 1.38. The highest BCUT2D eigenvalue weighted by Gasteiger charge is 2.31. The summed E-state index contributed by atoms with van der Waals surface area (Å²) in [5, 5.41) is 3.84. The lowest BCUT2D eigenvalue weighted by atomic mass is 10.2. The van der Waals surface area contributed by atoms with E-state index in [9.17, 15) is 17.6 Å². The molecule has 29 heavy (non-hydrogen) atoms. The van der Waals surface area contributed by atoms with Crippen molar-refractivity contribution >= 4 is 22.1 Å². The Kier molecular flexibility index (Phi) is 6.73. The van der Waals surface area contributed by atoms with Gasteiger partial charge in [-0.2, -0.15) is 9.41 Å². The quantitative estimate of drug-likeness (QED) is 0.517. The van der Waals surface area contributed by atoms with Crippen LogP contribution in [-0.4, -0.2) is 57.6 Å². The van der Waals surface area contributed by atoms with Crippen LogP contribution in [-0.2, 0) is 14.8 Å². The fraction of sp³-hybridized carbons (Fsp3) is 0.300. The molecule has 1 amide bonds. The normalized spacial score (nSPS) is 16.2. The highest BCUT2D eigenvalue weighted by Crippen LogP contribution is 2.16. The van der Waals surface area contributed by atoms with E-state index in [1.807, 2.05) is 6.92 Å². The van der Waals surface area contributed by atoms with Gasteiger partial charge in [0, 0.05) is 0 Å². The van der Waals surface area contributed by atoms with Crippen LogP contribution < -0.4 is 10.3 Å². The van der Waals surface area contributed by atoms with E-state index < -0.39 is 10.0 Å². The fourth-order valence-corrected chi connectivity index (χ4v) is 4.55. The molecule has 3 rings (SSSR count). The van der Waals surface area contributed by atoms with Crippen molar-refractivity contribution in [3.05, 3.63) is 65.5 Å². The molecule has 0 bridgehead atoms. The van der Waals surface area contributed by atoms with Gasteiger partial charge in [-0.1, -0.05) is 29.8 Å². The minimum Gasteiger partial charge on any atom is -0.325 e. The molecule has 2 N–H and O–H groups in total. The standard InChI is InChI=1S/C20H23FN4O3S/c1-16-5-7-19(8-6-16)29(27,28)25-11-9-24(10-12-25)15-20(26)23-22-14-17-3-2-4-18(21)13-17/h2-8,13-14H,9-12,15H2,1H3,(H,23,26)/p+1/b22-14-. The van der Waals surface area contributed by atoms with Crippen LogP contribution >= 0.6 is 0 Å². The first kappa shape index (κ1) is 21.1. The number of piperazine rings is 1. The number of rotatable bonds is 6. The van der Waals surface area contributed by atoms with Crippen molar-refractivity contribution in [3.63, 3.8) is 0 Å². The Bertz CT molecular complexity index is 985. The Morgan fingerprint density at radius 2 is 1.90 bits per heavy atom. The summed E-state index contributed by atoms with van der Waals surface area (Å²) in [6.45, 7) is 3.87. The molecule has 0 spiro atoms. The molecule has 154 valence electrons. The van der Waals surface area contributed by atoms with Crippen molar-refractivity contribution in [3.8, 4) is 0 Å². The monoisotopic (exact) mass is 419 g/mol. The Balaban J connectivity index is 1.48. The van der Waals surface area contributed by atoms with E-state index in [2.05, 4.69) is 10.5 Å². The summed E-state index contributed by atoms with van der Waals surface area (Å²) in [5.74, 6) is -0.648. The Morgan fingerprint density at radius 3 is 2.55 bits per heavy atom.